The molecule has 0 radical (unpaired) electrons. The van der Waals surface area contributed by atoms with E-state index in [1.54, 1.807) is 12.1 Å². The number of pyridine rings is 1. The summed E-state index contributed by atoms with van der Waals surface area (Å²) in [4.78, 5) is 4.37. The largest absolute Gasteiger partial charge is 0.488 e. The van der Waals surface area contributed by atoms with Gasteiger partial charge in [0.2, 0.25) is 0 Å². The molecular weight excluding hydrogens is 177 g/mol. The molecule has 0 unspecified atom stereocenters. The Labute approximate surface area is 85.0 Å². The normalized spacial score (nSPS) is 11.6. The van der Waals surface area contributed by atoms with E-state index in [-0.39, 0.29) is 5.41 Å². The average Bonchev–Trinajstić information content (AvgIpc) is 2.01. The van der Waals surface area contributed by atoms with Gasteiger partial charge in [0.1, 0.15) is 0 Å². The highest BCUT2D eigenvalue weighted by Gasteiger charge is 2.19. The van der Waals surface area contributed by atoms with Crippen molar-refractivity contribution in [3.8, 4) is 0 Å². The molecule has 0 fully saturated rings. The number of rotatable bonds is 1. The van der Waals surface area contributed by atoms with Crippen molar-refractivity contribution in [1.29, 1.82) is 0 Å². The highest BCUT2D eigenvalue weighted by molar-refractivity contribution is 6.58. The Kier molecular flexibility index (Phi) is 2.97. The summed E-state index contributed by atoms with van der Waals surface area (Å²) >= 11 is 0. The van der Waals surface area contributed by atoms with E-state index in [2.05, 4.69) is 4.98 Å². The van der Waals surface area contributed by atoms with Crippen molar-refractivity contribution in [3.05, 3.63) is 23.5 Å². The molecule has 0 saturated carbocycles. The molecule has 1 heterocycles. The summed E-state index contributed by atoms with van der Waals surface area (Å²) in [5.74, 6) is 0. The number of aryl methyl sites for hydroxylation is 1. The van der Waals surface area contributed by atoms with E-state index in [9.17, 15) is 0 Å². The summed E-state index contributed by atoms with van der Waals surface area (Å²) in [6.45, 7) is 7.98. The zero-order valence-electron chi connectivity index (χ0n) is 9.07. The molecule has 76 valence electrons. The number of hydrogen-bond acceptors (Lipinski definition) is 3. The van der Waals surface area contributed by atoms with Crippen LogP contribution in [0.1, 0.15) is 32.2 Å². The van der Waals surface area contributed by atoms with Crippen LogP contribution in [0.2, 0.25) is 0 Å². The van der Waals surface area contributed by atoms with Crippen molar-refractivity contribution < 1.29 is 10.0 Å². The van der Waals surface area contributed by atoms with Gasteiger partial charge in [-0.15, -0.1) is 0 Å². The van der Waals surface area contributed by atoms with Gasteiger partial charge in [-0.1, -0.05) is 20.8 Å². The Hall–Kier alpha value is -0.865. The first kappa shape index (κ1) is 11.2. The lowest BCUT2D eigenvalue weighted by Gasteiger charge is -2.19. The van der Waals surface area contributed by atoms with E-state index >= 15 is 0 Å². The molecule has 0 bridgehead atoms. The molecule has 0 aliphatic carbocycles. The zero-order valence-corrected chi connectivity index (χ0v) is 9.07. The van der Waals surface area contributed by atoms with Gasteiger partial charge in [-0.2, -0.15) is 0 Å². The molecule has 2 N–H and O–H groups in total. The van der Waals surface area contributed by atoms with Crippen LogP contribution in [0.4, 0.5) is 0 Å². The molecule has 0 aliphatic heterocycles. The van der Waals surface area contributed by atoms with Gasteiger partial charge in [0, 0.05) is 16.8 Å². The molecule has 0 saturated heterocycles. The minimum Gasteiger partial charge on any atom is -0.423 e. The highest BCUT2D eigenvalue weighted by Crippen LogP contribution is 2.19. The van der Waals surface area contributed by atoms with Crippen molar-refractivity contribution in [1.82, 2.24) is 4.98 Å². The predicted octanol–water partition coefficient (Wildman–Crippen LogP) is 0.367. The molecule has 1 aromatic heterocycles. The Morgan fingerprint density at radius 1 is 1.21 bits per heavy atom. The SMILES string of the molecule is Cc1cc(B(O)O)cc(C(C)(C)C)n1. The van der Waals surface area contributed by atoms with Crippen LogP contribution in [0.25, 0.3) is 0 Å². The fraction of sp³-hybridized carbons (Fsp3) is 0.500. The van der Waals surface area contributed by atoms with Crippen LogP contribution >= 0.6 is 0 Å². The van der Waals surface area contributed by atoms with E-state index in [4.69, 9.17) is 10.0 Å². The second-order valence-corrected chi connectivity index (χ2v) is 4.55. The lowest BCUT2D eigenvalue weighted by Crippen LogP contribution is -2.32. The van der Waals surface area contributed by atoms with Gasteiger partial charge >= 0.3 is 7.12 Å². The van der Waals surface area contributed by atoms with Gasteiger partial charge in [-0.3, -0.25) is 4.98 Å². The molecule has 3 nitrogen and oxygen atoms in total. The van der Waals surface area contributed by atoms with E-state index in [1.165, 1.54) is 0 Å². The summed E-state index contributed by atoms with van der Waals surface area (Å²) in [5.41, 5.74) is 2.11. The van der Waals surface area contributed by atoms with Crippen molar-refractivity contribution in [2.45, 2.75) is 33.1 Å². The minimum absolute atomic E-state index is 0.0737. The zero-order chi connectivity index (χ0) is 10.9. The first-order valence-electron chi connectivity index (χ1n) is 4.66. The molecule has 1 rings (SSSR count). The predicted molar refractivity (Wildman–Crippen MR) is 57.5 cm³/mol. The second-order valence-electron chi connectivity index (χ2n) is 4.55. The van der Waals surface area contributed by atoms with E-state index in [0.717, 1.165) is 11.4 Å². The summed E-state index contributed by atoms with van der Waals surface area (Å²) in [7, 11) is -1.42. The van der Waals surface area contributed by atoms with Gasteiger partial charge < -0.3 is 10.0 Å². The fourth-order valence-corrected chi connectivity index (χ4v) is 1.23. The number of aromatic nitrogens is 1. The first-order valence-corrected chi connectivity index (χ1v) is 4.66. The number of nitrogens with zero attached hydrogens (tertiary/aromatic N) is 1. The molecule has 0 amide bonds. The van der Waals surface area contributed by atoms with Gasteiger partial charge in [-0.25, -0.2) is 0 Å². The van der Waals surface area contributed by atoms with E-state index in [0.29, 0.717) is 5.46 Å². The quantitative estimate of drug-likeness (QED) is 0.633. The van der Waals surface area contributed by atoms with Crippen molar-refractivity contribution in [2.24, 2.45) is 0 Å². The van der Waals surface area contributed by atoms with Crippen LogP contribution in [0.15, 0.2) is 12.1 Å². The van der Waals surface area contributed by atoms with Crippen LogP contribution < -0.4 is 5.46 Å². The first-order chi connectivity index (χ1) is 6.30. The third-order valence-corrected chi connectivity index (χ3v) is 2.04. The standard InChI is InChI=1S/C10H16BNO2/c1-7-5-8(11(13)14)6-9(12-7)10(2,3)4/h5-6,13-14H,1-4H3. The van der Waals surface area contributed by atoms with Crippen molar-refractivity contribution >= 4 is 12.6 Å². The summed E-state index contributed by atoms with van der Waals surface area (Å²) < 4.78 is 0. The van der Waals surface area contributed by atoms with E-state index in [1.807, 2.05) is 27.7 Å². The van der Waals surface area contributed by atoms with Crippen LogP contribution in [0.3, 0.4) is 0 Å². The van der Waals surface area contributed by atoms with Gasteiger partial charge in [0.15, 0.2) is 0 Å². The molecule has 0 aromatic carbocycles. The number of hydrogen-bond donors (Lipinski definition) is 2. The highest BCUT2D eigenvalue weighted by atomic mass is 16.4. The minimum atomic E-state index is -1.42. The van der Waals surface area contributed by atoms with Crippen molar-refractivity contribution in [2.75, 3.05) is 0 Å². The third kappa shape index (κ3) is 2.56. The van der Waals surface area contributed by atoms with Gasteiger partial charge in [0.05, 0.1) is 0 Å². The van der Waals surface area contributed by atoms with Crippen LogP contribution in [-0.4, -0.2) is 22.2 Å². The Bertz CT molecular complexity index is 331. The molecule has 0 atom stereocenters. The van der Waals surface area contributed by atoms with Crippen LogP contribution in [0.5, 0.6) is 0 Å². The van der Waals surface area contributed by atoms with E-state index < -0.39 is 7.12 Å². The molecule has 0 spiro atoms. The van der Waals surface area contributed by atoms with Gasteiger partial charge in [-0.05, 0) is 24.5 Å². The molecule has 14 heavy (non-hydrogen) atoms. The second kappa shape index (κ2) is 3.71. The monoisotopic (exact) mass is 193 g/mol. The molecule has 0 aliphatic rings. The van der Waals surface area contributed by atoms with Gasteiger partial charge in [0.25, 0.3) is 0 Å². The fourth-order valence-electron chi connectivity index (χ4n) is 1.23. The summed E-state index contributed by atoms with van der Waals surface area (Å²) in [5, 5.41) is 18.1. The average molecular weight is 193 g/mol. The maximum absolute atomic E-state index is 9.07. The molecular formula is C10H16BNO2. The smallest absolute Gasteiger partial charge is 0.423 e. The summed E-state index contributed by atoms with van der Waals surface area (Å²) in [6.07, 6.45) is 0. The Balaban J connectivity index is 3.21. The topological polar surface area (TPSA) is 53.4 Å². The molecule has 4 heteroatoms. The third-order valence-electron chi connectivity index (χ3n) is 2.04. The molecule has 1 aromatic rings. The van der Waals surface area contributed by atoms with Crippen molar-refractivity contribution in [3.63, 3.8) is 0 Å². The maximum atomic E-state index is 9.07. The Morgan fingerprint density at radius 2 is 1.79 bits per heavy atom. The maximum Gasteiger partial charge on any atom is 0.488 e. The summed E-state index contributed by atoms with van der Waals surface area (Å²) in [6, 6.07) is 3.41. The van der Waals surface area contributed by atoms with Crippen LogP contribution in [0, 0.1) is 6.92 Å². The van der Waals surface area contributed by atoms with Crippen LogP contribution in [-0.2, 0) is 5.41 Å². The lowest BCUT2D eigenvalue weighted by atomic mass is 9.78. The Morgan fingerprint density at radius 3 is 2.21 bits per heavy atom. The lowest BCUT2D eigenvalue weighted by molar-refractivity contribution is 0.425.